The van der Waals surface area contributed by atoms with Crippen molar-refractivity contribution in [2.75, 3.05) is 6.54 Å². The number of nitrogens with one attached hydrogen (secondary N) is 1. The second-order valence-electron chi connectivity index (χ2n) is 4.62. The first kappa shape index (κ1) is 14.6. The molecule has 0 aliphatic rings. The van der Waals surface area contributed by atoms with Gasteiger partial charge in [0.05, 0.1) is 18.1 Å². The Morgan fingerprint density at radius 3 is 2.60 bits per heavy atom. The van der Waals surface area contributed by atoms with E-state index in [1.54, 1.807) is 24.1 Å². The van der Waals surface area contributed by atoms with Crippen LogP contribution in [0.4, 0.5) is 13.2 Å². The van der Waals surface area contributed by atoms with E-state index in [0.29, 0.717) is 12.2 Å². The lowest BCUT2D eigenvalue weighted by Gasteiger charge is -2.18. The van der Waals surface area contributed by atoms with Crippen LogP contribution in [0.2, 0.25) is 0 Å². The summed E-state index contributed by atoms with van der Waals surface area (Å²) in [6, 6.07) is 1.57. The van der Waals surface area contributed by atoms with Gasteiger partial charge >= 0.3 is 0 Å². The molecule has 0 aliphatic carbocycles. The summed E-state index contributed by atoms with van der Waals surface area (Å²) < 4.78 is 42.1. The van der Waals surface area contributed by atoms with Crippen LogP contribution in [0.3, 0.4) is 0 Å². The molecule has 1 unspecified atom stereocenters. The molecule has 108 valence electrons. The Hall–Kier alpha value is -1.82. The van der Waals surface area contributed by atoms with Crippen LogP contribution in [-0.4, -0.2) is 16.1 Å². The Morgan fingerprint density at radius 1 is 1.25 bits per heavy atom. The fourth-order valence-electron chi connectivity index (χ4n) is 2.01. The predicted octanol–water partition coefficient (Wildman–Crippen LogP) is 2.93. The van der Waals surface area contributed by atoms with Crippen LogP contribution < -0.4 is 5.32 Å². The third-order valence-corrected chi connectivity index (χ3v) is 3.00. The van der Waals surface area contributed by atoms with Crippen molar-refractivity contribution in [2.24, 2.45) is 7.05 Å². The number of halogens is 3. The number of hydrogen-bond donors (Lipinski definition) is 1. The van der Waals surface area contributed by atoms with Crippen LogP contribution >= 0.6 is 0 Å². The largest absolute Gasteiger partial charge is 0.340 e. The molecule has 1 aromatic carbocycles. The van der Waals surface area contributed by atoms with Crippen molar-refractivity contribution in [3.8, 4) is 0 Å². The zero-order chi connectivity index (χ0) is 14.7. The number of rotatable bonds is 5. The van der Waals surface area contributed by atoms with E-state index >= 15 is 0 Å². The average Bonchev–Trinajstić information content (AvgIpc) is 2.85. The molecule has 2 aromatic rings. The first-order valence-electron chi connectivity index (χ1n) is 6.39. The smallest absolute Gasteiger partial charge is 0.194 e. The first-order chi connectivity index (χ1) is 9.54. The molecule has 6 heteroatoms. The zero-order valence-electron chi connectivity index (χ0n) is 11.3. The van der Waals surface area contributed by atoms with Crippen molar-refractivity contribution in [1.29, 1.82) is 0 Å². The third-order valence-electron chi connectivity index (χ3n) is 3.00. The van der Waals surface area contributed by atoms with Gasteiger partial charge in [-0.1, -0.05) is 13.0 Å². The maximum Gasteiger partial charge on any atom is 0.194 e. The molecule has 0 saturated heterocycles. The fourth-order valence-corrected chi connectivity index (χ4v) is 2.01. The van der Waals surface area contributed by atoms with Gasteiger partial charge in [-0.25, -0.2) is 18.2 Å². The highest BCUT2D eigenvalue weighted by atomic mass is 19.2. The van der Waals surface area contributed by atoms with Crippen LogP contribution in [0.15, 0.2) is 24.7 Å². The number of aryl methyl sites for hydroxylation is 1. The van der Waals surface area contributed by atoms with E-state index in [9.17, 15) is 13.2 Å². The van der Waals surface area contributed by atoms with E-state index in [4.69, 9.17) is 0 Å². The summed E-state index contributed by atoms with van der Waals surface area (Å²) in [5, 5.41) is 3.10. The Balaban J connectivity index is 2.43. The molecule has 1 heterocycles. The molecular weight excluding hydrogens is 267 g/mol. The Bertz CT molecular complexity index is 595. The topological polar surface area (TPSA) is 29.9 Å². The van der Waals surface area contributed by atoms with Crippen LogP contribution in [0.5, 0.6) is 0 Å². The molecule has 0 spiro atoms. The number of aromatic nitrogens is 2. The molecule has 3 nitrogen and oxygen atoms in total. The first-order valence-corrected chi connectivity index (χ1v) is 6.39. The van der Waals surface area contributed by atoms with E-state index in [2.05, 4.69) is 10.3 Å². The van der Waals surface area contributed by atoms with Gasteiger partial charge in [0.1, 0.15) is 0 Å². The lowest BCUT2D eigenvalue weighted by molar-refractivity contribution is 0.431. The van der Waals surface area contributed by atoms with Crippen molar-refractivity contribution in [3.05, 3.63) is 53.4 Å². The Morgan fingerprint density at radius 2 is 2.00 bits per heavy atom. The minimum absolute atomic E-state index is 0.0519. The maximum atomic E-state index is 13.9. The molecule has 1 atom stereocenters. The standard InChI is InChI=1S/C14H16F3N3/c1-3-6-18-14(11-7-20(2)8-19-11)9-4-5-10(15)13(17)12(9)16/h4-5,7-8,14,18H,3,6H2,1-2H3. The molecule has 0 radical (unpaired) electrons. The molecule has 20 heavy (non-hydrogen) atoms. The monoisotopic (exact) mass is 283 g/mol. The van der Waals surface area contributed by atoms with Crippen LogP contribution in [-0.2, 0) is 7.05 Å². The SMILES string of the molecule is CCCNC(c1cn(C)cn1)c1ccc(F)c(F)c1F. The molecule has 1 aromatic heterocycles. The van der Waals surface area contributed by atoms with Gasteiger partial charge in [0.2, 0.25) is 0 Å². The van der Waals surface area contributed by atoms with E-state index in [0.717, 1.165) is 12.5 Å². The maximum absolute atomic E-state index is 13.9. The minimum atomic E-state index is -1.46. The minimum Gasteiger partial charge on any atom is -0.340 e. The van der Waals surface area contributed by atoms with Gasteiger partial charge in [0.25, 0.3) is 0 Å². The second-order valence-corrected chi connectivity index (χ2v) is 4.62. The van der Waals surface area contributed by atoms with Gasteiger partial charge in [-0.05, 0) is 19.0 Å². The molecule has 2 rings (SSSR count). The van der Waals surface area contributed by atoms with E-state index in [-0.39, 0.29) is 5.56 Å². The summed E-state index contributed by atoms with van der Waals surface area (Å²) in [6.07, 6.45) is 4.12. The van der Waals surface area contributed by atoms with Gasteiger partial charge in [-0.15, -0.1) is 0 Å². The number of imidazole rings is 1. The summed E-state index contributed by atoms with van der Waals surface area (Å²) in [4.78, 5) is 4.16. The molecule has 0 bridgehead atoms. The second kappa shape index (κ2) is 6.09. The lowest BCUT2D eigenvalue weighted by atomic mass is 10.0. The van der Waals surface area contributed by atoms with Crippen molar-refractivity contribution in [2.45, 2.75) is 19.4 Å². The van der Waals surface area contributed by atoms with Crippen molar-refractivity contribution in [1.82, 2.24) is 14.9 Å². The number of benzene rings is 1. The quantitative estimate of drug-likeness (QED) is 0.855. The van der Waals surface area contributed by atoms with E-state index in [1.807, 2.05) is 6.92 Å². The van der Waals surface area contributed by atoms with Crippen molar-refractivity contribution < 1.29 is 13.2 Å². The van der Waals surface area contributed by atoms with Crippen molar-refractivity contribution in [3.63, 3.8) is 0 Å². The summed E-state index contributed by atoms with van der Waals surface area (Å²) >= 11 is 0. The Labute approximate surface area is 115 Å². The van der Waals surface area contributed by atoms with Crippen LogP contribution in [0.1, 0.15) is 30.6 Å². The summed E-state index contributed by atoms with van der Waals surface area (Å²) in [5.41, 5.74) is 0.613. The van der Waals surface area contributed by atoms with Gasteiger partial charge in [-0.3, -0.25) is 0 Å². The highest BCUT2D eigenvalue weighted by Crippen LogP contribution is 2.26. The van der Waals surface area contributed by atoms with Crippen LogP contribution in [0, 0.1) is 17.5 Å². The van der Waals surface area contributed by atoms with Crippen molar-refractivity contribution >= 4 is 0 Å². The number of nitrogens with zero attached hydrogens (tertiary/aromatic N) is 2. The highest BCUT2D eigenvalue weighted by molar-refractivity contribution is 5.29. The number of hydrogen-bond acceptors (Lipinski definition) is 2. The van der Waals surface area contributed by atoms with Gasteiger partial charge in [-0.2, -0.15) is 0 Å². The van der Waals surface area contributed by atoms with Gasteiger partial charge in [0.15, 0.2) is 17.5 Å². The molecule has 0 saturated carbocycles. The summed E-state index contributed by atoms with van der Waals surface area (Å²) in [7, 11) is 1.79. The molecule has 0 fully saturated rings. The van der Waals surface area contributed by atoms with Gasteiger partial charge < -0.3 is 9.88 Å². The van der Waals surface area contributed by atoms with Crippen LogP contribution in [0.25, 0.3) is 0 Å². The van der Waals surface area contributed by atoms with E-state index in [1.165, 1.54) is 6.07 Å². The normalized spacial score (nSPS) is 12.7. The Kier molecular flexibility index (Phi) is 4.44. The van der Waals surface area contributed by atoms with Gasteiger partial charge in [0, 0.05) is 18.8 Å². The molecule has 0 aliphatic heterocycles. The third kappa shape index (κ3) is 2.85. The fraction of sp³-hybridized carbons (Fsp3) is 0.357. The van der Waals surface area contributed by atoms with E-state index < -0.39 is 23.5 Å². The average molecular weight is 283 g/mol. The highest BCUT2D eigenvalue weighted by Gasteiger charge is 2.23. The summed E-state index contributed by atoms with van der Waals surface area (Å²) in [6.45, 7) is 2.57. The predicted molar refractivity (Wildman–Crippen MR) is 69.7 cm³/mol. The summed E-state index contributed by atoms with van der Waals surface area (Å²) in [5.74, 6) is -3.83. The molecule has 0 amide bonds. The lowest BCUT2D eigenvalue weighted by Crippen LogP contribution is -2.25. The zero-order valence-corrected chi connectivity index (χ0v) is 11.3. The molecule has 1 N–H and O–H groups in total. The molecular formula is C14H16F3N3.